The number of hydrogen-bond donors (Lipinski definition) is 0. The van der Waals surface area contributed by atoms with Gasteiger partial charge in [-0.15, -0.1) is 0 Å². The van der Waals surface area contributed by atoms with Gasteiger partial charge < -0.3 is 4.90 Å². The third-order valence-electron chi connectivity index (χ3n) is 5.21. The summed E-state index contributed by atoms with van der Waals surface area (Å²) in [5.41, 5.74) is 2.70. The van der Waals surface area contributed by atoms with Crippen LogP contribution in [0, 0.1) is 5.92 Å². The number of nitrogens with zero attached hydrogens (tertiary/aromatic N) is 2. The van der Waals surface area contributed by atoms with E-state index in [2.05, 4.69) is 52.3 Å². The molecule has 2 fully saturated rings. The summed E-state index contributed by atoms with van der Waals surface area (Å²) in [6, 6.07) is 19.2. The summed E-state index contributed by atoms with van der Waals surface area (Å²) >= 11 is 6.32. The van der Waals surface area contributed by atoms with Gasteiger partial charge in [0.15, 0.2) is 0 Å². The van der Waals surface area contributed by atoms with Crippen LogP contribution in [0.25, 0.3) is 0 Å². The Morgan fingerprint density at radius 2 is 1.57 bits per heavy atom. The van der Waals surface area contributed by atoms with Gasteiger partial charge in [-0.25, -0.2) is 0 Å². The van der Waals surface area contributed by atoms with Crippen LogP contribution >= 0.6 is 11.6 Å². The summed E-state index contributed by atoms with van der Waals surface area (Å²) in [6.45, 7) is 5.68. The Morgan fingerprint density at radius 3 is 2.30 bits per heavy atom. The highest BCUT2D eigenvalue weighted by molar-refractivity contribution is 6.33. The second-order valence-corrected chi connectivity index (χ2v) is 7.16. The Balaban J connectivity index is 1.29. The van der Waals surface area contributed by atoms with E-state index in [0.717, 1.165) is 43.0 Å². The Morgan fingerprint density at radius 1 is 0.870 bits per heavy atom. The topological polar surface area (TPSA) is 6.48 Å². The van der Waals surface area contributed by atoms with Crippen molar-refractivity contribution >= 4 is 17.3 Å². The standard InChI is InChI=1S/C20H23ClN2/c21-19-8-4-5-9-20(19)23-12-10-22(11-13-23)15-17-14-18(17)16-6-2-1-3-7-16/h1-9,17-18H,10-15H2/t17-,18-/m0/s1. The summed E-state index contributed by atoms with van der Waals surface area (Å²) in [7, 11) is 0. The van der Waals surface area contributed by atoms with E-state index in [9.17, 15) is 0 Å². The van der Waals surface area contributed by atoms with E-state index in [1.54, 1.807) is 0 Å². The lowest BCUT2D eigenvalue weighted by Gasteiger charge is -2.36. The number of piperazine rings is 1. The second-order valence-electron chi connectivity index (χ2n) is 6.75. The minimum absolute atomic E-state index is 0.790. The number of rotatable bonds is 4. The lowest BCUT2D eigenvalue weighted by molar-refractivity contribution is 0.246. The predicted molar refractivity (Wildman–Crippen MR) is 97.4 cm³/mol. The molecule has 1 aliphatic heterocycles. The van der Waals surface area contributed by atoms with Crippen molar-refractivity contribution < 1.29 is 0 Å². The molecule has 23 heavy (non-hydrogen) atoms. The molecule has 3 heteroatoms. The normalized spacial score (nSPS) is 24.7. The lowest BCUT2D eigenvalue weighted by atomic mass is 10.1. The van der Waals surface area contributed by atoms with Gasteiger partial charge in [-0.05, 0) is 36.0 Å². The van der Waals surface area contributed by atoms with Crippen molar-refractivity contribution in [3.8, 4) is 0 Å². The van der Waals surface area contributed by atoms with Crippen molar-refractivity contribution in [3.63, 3.8) is 0 Å². The Hall–Kier alpha value is -1.51. The average Bonchev–Trinajstić information content (AvgIpc) is 3.36. The maximum absolute atomic E-state index is 6.32. The quantitative estimate of drug-likeness (QED) is 0.828. The number of benzene rings is 2. The molecule has 2 nitrogen and oxygen atoms in total. The highest BCUT2D eigenvalue weighted by Gasteiger charge is 2.39. The van der Waals surface area contributed by atoms with E-state index in [4.69, 9.17) is 11.6 Å². The van der Waals surface area contributed by atoms with Gasteiger partial charge in [0.1, 0.15) is 0 Å². The molecule has 120 valence electrons. The van der Waals surface area contributed by atoms with Crippen molar-refractivity contribution in [2.75, 3.05) is 37.6 Å². The van der Waals surface area contributed by atoms with Gasteiger partial charge in [0.05, 0.1) is 10.7 Å². The number of para-hydroxylation sites is 1. The monoisotopic (exact) mass is 326 g/mol. The van der Waals surface area contributed by atoms with Gasteiger partial charge in [0.25, 0.3) is 0 Å². The summed E-state index contributed by atoms with van der Waals surface area (Å²) in [6.07, 6.45) is 1.36. The molecule has 0 unspecified atom stereocenters. The molecule has 2 aliphatic rings. The first-order chi connectivity index (χ1) is 11.3. The van der Waals surface area contributed by atoms with Gasteiger partial charge in [0.2, 0.25) is 0 Å². The summed E-state index contributed by atoms with van der Waals surface area (Å²) in [5.74, 6) is 1.64. The first-order valence-electron chi connectivity index (χ1n) is 8.58. The van der Waals surface area contributed by atoms with Crippen LogP contribution < -0.4 is 4.90 Å². The van der Waals surface area contributed by atoms with Gasteiger partial charge in [0, 0.05) is 32.7 Å². The van der Waals surface area contributed by atoms with Crippen LogP contribution in [0.15, 0.2) is 54.6 Å². The Bertz CT molecular complexity index is 650. The summed E-state index contributed by atoms with van der Waals surface area (Å²) in [5, 5.41) is 0.868. The van der Waals surface area contributed by atoms with Crippen LogP contribution in [0.2, 0.25) is 5.02 Å². The van der Waals surface area contributed by atoms with E-state index in [-0.39, 0.29) is 0 Å². The molecule has 0 N–H and O–H groups in total. The van der Waals surface area contributed by atoms with Crippen LogP contribution in [0.1, 0.15) is 17.9 Å². The van der Waals surface area contributed by atoms with Crippen LogP contribution in [0.3, 0.4) is 0 Å². The third-order valence-corrected chi connectivity index (χ3v) is 5.53. The van der Waals surface area contributed by atoms with E-state index < -0.39 is 0 Å². The van der Waals surface area contributed by atoms with Crippen molar-refractivity contribution in [2.24, 2.45) is 5.92 Å². The smallest absolute Gasteiger partial charge is 0.0639 e. The van der Waals surface area contributed by atoms with Gasteiger partial charge >= 0.3 is 0 Å². The first kappa shape index (κ1) is 15.0. The molecule has 0 spiro atoms. The van der Waals surface area contributed by atoms with Crippen molar-refractivity contribution in [2.45, 2.75) is 12.3 Å². The molecule has 2 aromatic carbocycles. The maximum atomic E-state index is 6.32. The number of halogens is 1. The largest absolute Gasteiger partial charge is 0.368 e. The molecule has 0 amide bonds. The zero-order valence-electron chi connectivity index (χ0n) is 13.4. The molecule has 1 aliphatic carbocycles. The number of hydrogen-bond acceptors (Lipinski definition) is 2. The number of anilines is 1. The second kappa shape index (κ2) is 6.54. The van der Waals surface area contributed by atoms with Crippen molar-refractivity contribution in [1.29, 1.82) is 0 Å². The fraction of sp³-hybridized carbons (Fsp3) is 0.400. The molecule has 1 saturated carbocycles. The van der Waals surface area contributed by atoms with Crippen molar-refractivity contribution in [1.82, 2.24) is 4.90 Å². The zero-order valence-corrected chi connectivity index (χ0v) is 14.1. The maximum Gasteiger partial charge on any atom is 0.0639 e. The van der Waals surface area contributed by atoms with Gasteiger partial charge in [-0.1, -0.05) is 54.1 Å². The molecular formula is C20H23ClN2. The van der Waals surface area contributed by atoms with Gasteiger partial charge in [-0.3, -0.25) is 4.90 Å². The van der Waals surface area contributed by atoms with Crippen LogP contribution in [-0.4, -0.2) is 37.6 Å². The molecule has 4 rings (SSSR count). The zero-order chi connectivity index (χ0) is 15.6. The molecular weight excluding hydrogens is 304 g/mol. The third kappa shape index (κ3) is 3.39. The summed E-state index contributed by atoms with van der Waals surface area (Å²) in [4.78, 5) is 5.04. The summed E-state index contributed by atoms with van der Waals surface area (Å²) < 4.78 is 0. The molecule has 0 aromatic heterocycles. The minimum Gasteiger partial charge on any atom is -0.368 e. The predicted octanol–water partition coefficient (Wildman–Crippen LogP) is 4.27. The van der Waals surface area contributed by atoms with Crippen LogP contribution in [-0.2, 0) is 0 Å². The highest BCUT2D eigenvalue weighted by atomic mass is 35.5. The Labute approximate surface area is 143 Å². The molecule has 0 radical (unpaired) electrons. The molecule has 1 heterocycles. The van der Waals surface area contributed by atoms with Gasteiger partial charge in [-0.2, -0.15) is 0 Å². The van der Waals surface area contributed by atoms with E-state index >= 15 is 0 Å². The Kier molecular flexibility index (Phi) is 4.28. The lowest BCUT2D eigenvalue weighted by Crippen LogP contribution is -2.47. The first-order valence-corrected chi connectivity index (χ1v) is 8.96. The van der Waals surface area contributed by atoms with E-state index in [1.165, 1.54) is 24.2 Å². The highest BCUT2D eigenvalue weighted by Crippen LogP contribution is 2.47. The molecule has 0 bridgehead atoms. The molecule has 2 atom stereocenters. The van der Waals surface area contributed by atoms with Crippen LogP contribution in [0.5, 0.6) is 0 Å². The SMILES string of the molecule is Clc1ccccc1N1CCN(C[C@@H]2C[C@H]2c2ccccc2)CC1. The molecule has 1 saturated heterocycles. The molecule has 2 aromatic rings. The average molecular weight is 327 g/mol. The van der Waals surface area contributed by atoms with Crippen LogP contribution in [0.4, 0.5) is 5.69 Å². The fourth-order valence-electron chi connectivity index (χ4n) is 3.77. The minimum atomic E-state index is 0.790. The fourth-order valence-corrected chi connectivity index (χ4v) is 4.02. The van der Waals surface area contributed by atoms with E-state index in [0.29, 0.717) is 0 Å². The van der Waals surface area contributed by atoms with E-state index in [1.807, 2.05) is 12.1 Å². The van der Waals surface area contributed by atoms with Crippen molar-refractivity contribution in [3.05, 3.63) is 65.2 Å².